The average molecular weight is 697 g/mol. The molecule has 0 bridgehead atoms. The number of benzene rings is 1. The van der Waals surface area contributed by atoms with E-state index in [9.17, 15) is 51.1 Å². The van der Waals surface area contributed by atoms with Gasteiger partial charge in [0.25, 0.3) is 0 Å². The molecule has 0 radical (unpaired) electrons. The normalized spacial score (nSPS) is 41.2. The summed E-state index contributed by atoms with van der Waals surface area (Å²) in [6.45, 7) is -1.99. The Balaban J connectivity index is 1.25. The predicted octanol–water partition coefficient (Wildman–Crippen LogP) is -3.44. The molecule has 16 nitrogen and oxygen atoms in total. The van der Waals surface area contributed by atoms with E-state index in [0.29, 0.717) is 6.42 Å². The molecule has 15 atom stereocenters. The van der Waals surface area contributed by atoms with Crippen molar-refractivity contribution in [3.8, 4) is 0 Å². The van der Waals surface area contributed by atoms with Gasteiger partial charge >= 0.3 is 0 Å². The van der Waals surface area contributed by atoms with E-state index in [-0.39, 0.29) is 6.61 Å². The third kappa shape index (κ3) is 9.80. The van der Waals surface area contributed by atoms with E-state index in [4.69, 9.17) is 28.4 Å². The number of hydrogen-bond donors (Lipinski definition) is 10. The Hall–Kier alpha value is -1.07. The van der Waals surface area contributed by atoms with E-state index in [1.165, 1.54) is 5.56 Å². The van der Waals surface area contributed by atoms with Crippen molar-refractivity contribution in [2.45, 2.75) is 117 Å². The summed E-state index contributed by atoms with van der Waals surface area (Å²) in [4.78, 5) is 0. The van der Waals surface area contributed by atoms with Crippen LogP contribution >= 0.6 is 11.8 Å². The van der Waals surface area contributed by atoms with Crippen molar-refractivity contribution in [1.29, 1.82) is 0 Å². The van der Waals surface area contributed by atoms with Crippen molar-refractivity contribution in [2.24, 2.45) is 0 Å². The standard InChI is InChI=1S/C30H48O16S/c31-11-16-19(34)20(35)23(38)29(42-16)45-27-18(13-33)44-30(25(40)22(27)37)46-26-17(12-32)43-28(24(39)21(26)36)41-9-5-2-6-10-47-14-15-7-3-1-4-8-15/h1,3-4,7-8,16-40H,2,5-6,9-14H2/t16-,17-,18-,19+,20+,21-,22-,23-,24-,25-,26-,27+,28-,29-,30+/m1/s1. The molecule has 0 amide bonds. The predicted molar refractivity (Wildman–Crippen MR) is 161 cm³/mol. The maximum Gasteiger partial charge on any atom is 0.187 e. The Morgan fingerprint density at radius 2 is 1.06 bits per heavy atom. The summed E-state index contributed by atoms with van der Waals surface area (Å²) >= 11 is 1.84. The zero-order valence-electron chi connectivity index (χ0n) is 25.7. The summed E-state index contributed by atoms with van der Waals surface area (Å²) < 4.78 is 33.4. The van der Waals surface area contributed by atoms with Gasteiger partial charge in [0.05, 0.1) is 19.8 Å². The van der Waals surface area contributed by atoms with E-state index in [2.05, 4.69) is 12.1 Å². The molecule has 1 aromatic carbocycles. The summed E-state index contributed by atoms with van der Waals surface area (Å²) in [6, 6.07) is 10.2. The smallest absolute Gasteiger partial charge is 0.187 e. The Kier molecular flexibility index (Phi) is 15.5. The second-order valence-corrected chi connectivity index (χ2v) is 12.9. The third-order valence-corrected chi connectivity index (χ3v) is 9.51. The SMILES string of the molecule is OC[C@H]1O[C@H](O[C@@H]2[C@H](O)[C@@H](O)[C@H](O[C@H]3[C@H](O)[C@@H](O)[C@H](OCCCCCSCc4ccccc4)O[C@@H]3CO)O[C@@H]2CO)[C@H](O)[C@@H](O)[C@H]1O. The maximum atomic E-state index is 10.9. The van der Waals surface area contributed by atoms with E-state index in [1.54, 1.807) is 0 Å². The van der Waals surface area contributed by atoms with Crippen LogP contribution in [0.3, 0.4) is 0 Å². The largest absolute Gasteiger partial charge is 0.394 e. The Labute approximate surface area is 276 Å². The molecule has 0 saturated carbocycles. The highest BCUT2D eigenvalue weighted by atomic mass is 32.2. The van der Waals surface area contributed by atoms with Gasteiger partial charge < -0.3 is 79.5 Å². The van der Waals surface area contributed by atoms with Crippen LogP contribution < -0.4 is 0 Å². The lowest BCUT2D eigenvalue weighted by Gasteiger charge is -2.48. The molecule has 0 unspecified atom stereocenters. The first-order valence-corrected chi connectivity index (χ1v) is 16.9. The van der Waals surface area contributed by atoms with Gasteiger partial charge in [-0.05, 0) is 24.2 Å². The van der Waals surface area contributed by atoms with Gasteiger partial charge in [0, 0.05) is 12.4 Å². The van der Waals surface area contributed by atoms with E-state index in [0.717, 1.165) is 24.3 Å². The van der Waals surface area contributed by atoms with Gasteiger partial charge in [-0.2, -0.15) is 11.8 Å². The Bertz CT molecular complexity index is 1020. The van der Waals surface area contributed by atoms with Crippen LogP contribution in [0.4, 0.5) is 0 Å². The average Bonchev–Trinajstić information content (AvgIpc) is 3.08. The van der Waals surface area contributed by atoms with Gasteiger partial charge in [0.15, 0.2) is 18.9 Å². The summed E-state index contributed by atoms with van der Waals surface area (Å²) in [5.41, 5.74) is 1.27. The highest BCUT2D eigenvalue weighted by Crippen LogP contribution is 2.32. The molecule has 47 heavy (non-hydrogen) atoms. The van der Waals surface area contributed by atoms with Gasteiger partial charge in [-0.3, -0.25) is 0 Å². The van der Waals surface area contributed by atoms with E-state index in [1.807, 2.05) is 30.0 Å². The number of unbranched alkanes of at least 4 members (excludes halogenated alkanes) is 2. The van der Waals surface area contributed by atoms with Crippen LogP contribution in [-0.2, 0) is 34.2 Å². The highest BCUT2D eigenvalue weighted by molar-refractivity contribution is 7.98. The second-order valence-electron chi connectivity index (χ2n) is 11.8. The van der Waals surface area contributed by atoms with E-state index >= 15 is 0 Å². The van der Waals surface area contributed by atoms with Crippen molar-refractivity contribution < 1.29 is 79.5 Å². The first-order chi connectivity index (χ1) is 22.6. The fourth-order valence-electron chi connectivity index (χ4n) is 5.63. The minimum atomic E-state index is -1.89. The fourth-order valence-corrected chi connectivity index (χ4v) is 6.61. The Morgan fingerprint density at radius 1 is 0.553 bits per heavy atom. The molecule has 10 N–H and O–H groups in total. The van der Waals surface area contributed by atoms with Crippen molar-refractivity contribution in [1.82, 2.24) is 0 Å². The van der Waals surface area contributed by atoms with Crippen molar-refractivity contribution >= 4 is 11.8 Å². The maximum absolute atomic E-state index is 10.9. The van der Waals surface area contributed by atoms with Gasteiger partial charge in [-0.15, -0.1) is 0 Å². The molecule has 0 aliphatic carbocycles. The van der Waals surface area contributed by atoms with Crippen LogP contribution in [0.25, 0.3) is 0 Å². The van der Waals surface area contributed by atoms with Crippen LogP contribution in [0.15, 0.2) is 30.3 Å². The lowest BCUT2D eigenvalue weighted by molar-refractivity contribution is -0.379. The molecule has 3 aliphatic heterocycles. The molecular formula is C30H48O16S. The third-order valence-electron chi connectivity index (χ3n) is 8.40. The van der Waals surface area contributed by atoms with Crippen molar-refractivity contribution in [3.63, 3.8) is 0 Å². The number of aliphatic hydroxyl groups is 10. The van der Waals surface area contributed by atoms with Crippen LogP contribution in [0.2, 0.25) is 0 Å². The van der Waals surface area contributed by atoms with Gasteiger partial charge in [-0.1, -0.05) is 36.8 Å². The van der Waals surface area contributed by atoms with Gasteiger partial charge in [-0.25, -0.2) is 0 Å². The molecule has 3 aliphatic rings. The lowest BCUT2D eigenvalue weighted by Crippen LogP contribution is -2.66. The summed E-state index contributed by atoms with van der Waals surface area (Å²) in [6.07, 6.45) is -21.5. The Morgan fingerprint density at radius 3 is 1.64 bits per heavy atom. The number of ether oxygens (including phenoxy) is 6. The van der Waals surface area contributed by atoms with E-state index < -0.39 is 112 Å². The minimum Gasteiger partial charge on any atom is -0.394 e. The topological polar surface area (TPSA) is 258 Å². The first-order valence-electron chi connectivity index (χ1n) is 15.7. The van der Waals surface area contributed by atoms with Crippen LogP contribution in [0.5, 0.6) is 0 Å². The molecule has 0 spiro atoms. The van der Waals surface area contributed by atoms with Crippen molar-refractivity contribution in [3.05, 3.63) is 35.9 Å². The number of hydrogen-bond acceptors (Lipinski definition) is 17. The van der Waals surface area contributed by atoms with Crippen LogP contribution in [-0.4, -0.2) is 175 Å². The molecule has 3 heterocycles. The van der Waals surface area contributed by atoms with Crippen molar-refractivity contribution in [2.75, 3.05) is 32.2 Å². The highest BCUT2D eigenvalue weighted by Gasteiger charge is 2.53. The summed E-state index contributed by atoms with van der Waals surface area (Å²) in [7, 11) is 0. The quantitative estimate of drug-likeness (QED) is 0.0754. The molecule has 0 aromatic heterocycles. The zero-order chi connectivity index (χ0) is 34.1. The van der Waals surface area contributed by atoms with Gasteiger partial charge in [0.1, 0.15) is 73.2 Å². The minimum absolute atomic E-state index is 0.228. The zero-order valence-corrected chi connectivity index (χ0v) is 26.6. The first kappa shape index (κ1) is 38.7. The molecule has 270 valence electrons. The number of aliphatic hydroxyl groups excluding tert-OH is 10. The molecule has 17 heteroatoms. The fraction of sp³-hybridized carbons (Fsp3) is 0.800. The van der Waals surface area contributed by atoms with Gasteiger partial charge in [0.2, 0.25) is 0 Å². The molecule has 3 saturated heterocycles. The second kappa shape index (κ2) is 18.8. The van der Waals surface area contributed by atoms with Crippen LogP contribution in [0.1, 0.15) is 24.8 Å². The lowest BCUT2D eigenvalue weighted by atomic mass is 9.96. The summed E-state index contributed by atoms with van der Waals surface area (Å²) in [5.74, 6) is 1.91. The van der Waals surface area contributed by atoms with Crippen LogP contribution in [0, 0.1) is 0 Å². The monoisotopic (exact) mass is 696 g/mol. The number of thioether (sulfide) groups is 1. The molecule has 1 aromatic rings. The molecular weight excluding hydrogens is 648 g/mol. The molecule has 4 rings (SSSR count). The molecule has 3 fully saturated rings. The summed E-state index contributed by atoms with van der Waals surface area (Å²) in [5, 5.41) is 103. The number of rotatable bonds is 16.